The second-order valence-corrected chi connectivity index (χ2v) is 3.62. The Kier molecular flexibility index (Phi) is 4.14. The Hall–Kier alpha value is -0.480. The van der Waals surface area contributed by atoms with E-state index < -0.39 is 0 Å². The zero-order valence-corrected chi connectivity index (χ0v) is 7.41. The minimum atomic E-state index is 0.348. The molecule has 0 atom stereocenters. The second-order valence-electron chi connectivity index (χ2n) is 3.62. The Morgan fingerprint density at radius 2 is 1.80 bits per heavy atom. The van der Waals surface area contributed by atoms with E-state index in [0.29, 0.717) is 5.41 Å². The van der Waals surface area contributed by atoms with Gasteiger partial charge in [0.1, 0.15) is 0 Å². The van der Waals surface area contributed by atoms with Crippen molar-refractivity contribution in [1.29, 1.82) is 0 Å². The van der Waals surface area contributed by atoms with Crippen LogP contribution >= 0.6 is 0 Å². The number of rotatable bonds is 1. The zero-order chi connectivity index (χ0) is 8.04. The zero-order valence-electron chi connectivity index (χ0n) is 7.41. The van der Waals surface area contributed by atoms with Crippen LogP contribution < -0.4 is 5.32 Å². The maximum Gasteiger partial charge on any atom is 0.0574 e. The van der Waals surface area contributed by atoms with Crippen LogP contribution in [0.4, 0.5) is 0 Å². The van der Waals surface area contributed by atoms with Crippen LogP contribution in [0.2, 0.25) is 0 Å². The van der Waals surface area contributed by atoms with Gasteiger partial charge in [-0.05, 0) is 12.5 Å². The summed E-state index contributed by atoms with van der Waals surface area (Å²) in [6, 6.07) is 0. The molecule has 1 N–H and O–H groups in total. The van der Waals surface area contributed by atoms with E-state index in [9.17, 15) is 0 Å². The Morgan fingerprint density at radius 1 is 1.20 bits per heavy atom. The summed E-state index contributed by atoms with van der Waals surface area (Å²) in [7, 11) is 1.91. The molecule has 0 saturated carbocycles. The lowest BCUT2D eigenvalue weighted by molar-refractivity contribution is 0.428. The molecule has 0 fully saturated rings. The minimum absolute atomic E-state index is 0.348. The largest absolute Gasteiger partial charge is 0.309 e. The molecule has 0 rings (SSSR count). The molecule has 10 heavy (non-hydrogen) atoms. The predicted molar refractivity (Wildman–Crippen MR) is 45.8 cm³/mol. The molecule has 0 amide bonds. The first kappa shape index (κ1) is 9.52. The van der Waals surface area contributed by atoms with Crippen molar-refractivity contribution in [2.45, 2.75) is 27.2 Å². The van der Waals surface area contributed by atoms with Gasteiger partial charge in [0.05, 0.1) is 6.54 Å². The molecule has 1 nitrogen and oxygen atoms in total. The first-order valence-electron chi connectivity index (χ1n) is 3.66. The Morgan fingerprint density at radius 3 is 2.20 bits per heavy atom. The number of nitrogens with one attached hydrogen (secondary N) is 1. The highest BCUT2D eigenvalue weighted by molar-refractivity contribution is 5.02. The topological polar surface area (TPSA) is 12.0 Å². The van der Waals surface area contributed by atoms with Gasteiger partial charge >= 0.3 is 0 Å². The summed E-state index contributed by atoms with van der Waals surface area (Å²) in [5, 5.41) is 2.98. The quantitative estimate of drug-likeness (QED) is 0.545. The van der Waals surface area contributed by atoms with E-state index in [-0.39, 0.29) is 0 Å². The molecule has 0 aliphatic carbocycles. The van der Waals surface area contributed by atoms with Crippen molar-refractivity contribution in [2.75, 3.05) is 13.6 Å². The van der Waals surface area contributed by atoms with Crippen molar-refractivity contribution in [3.05, 3.63) is 0 Å². The second kappa shape index (κ2) is 4.35. The normalized spacial score (nSPS) is 10.4. The molecule has 0 bridgehead atoms. The van der Waals surface area contributed by atoms with Gasteiger partial charge in [0, 0.05) is 6.42 Å². The maximum atomic E-state index is 3.11. The van der Waals surface area contributed by atoms with E-state index in [1.54, 1.807) is 0 Å². The summed E-state index contributed by atoms with van der Waals surface area (Å²) in [5.74, 6) is 6.14. The van der Waals surface area contributed by atoms with Crippen molar-refractivity contribution >= 4 is 0 Å². The van der Waals surface area contributed by atoms with Crippen molar-refractivity contribution < 1.29 is 0 Å². The van der Waals surface area contributed by atoms with Crippen molar-refractivity contribution in [1.82, 2.24) is 5.32 Å². The highest BCUT2D eigenvalue weighted by Gasteiger charge is 2.06. The summed E-state index contributed by atoms with van der Waals surface area (Å²) < 4.78 is 0. The third kappa shape index (κ3) is 7.52. The molecule has 0 heterocycles. The van der Waals surface area contributed by atoms with Gasteiger partial charge in [-0.2, -0.15) is 0 Å². The van der Waals surface area contributed by atoms with Crippen LogP contribution in [0.3, 0.4) is 0 Å². The molecule has 0 aliphatic rings. The molecule has 0 aliphatic heterocycles. The first-order chi connectivity index (χ1) is 4.56. The summed E-state index contributed by atoms with van der Waals surface area (Å²) >= 11 is 0. The Bertz CT molecular complexity index is 131. The van der Waals surface area contributed by atoms with Crippen molar-refractivity contribution in [2.24, 2.45) is 5.41 Å². The predicted octanol–water partition coefficient (Wildman–Crippen LogP) is 1.65. The molecule has 58 valence electrons. The van der Waals surface area contributed by atoms with E-state index in [2.05, 4.69) is 37.9 Å². The monoisotopic (exact) mass is 139 g/mol. The van der Waals surface area contributed by atoms with Crippen LogP contribution in [0.25, 0.3) is 0 Å². The summed E-state index contributed by atoms with van der Waals surface area (Å²) in [5.41, 5.74) is 0.348. The van der Waals surface area contributed by atoms with E-state index in [4.69, 9.17) is 0 Å². The average molecular weight is 139 g/mol. The molecule has 0 aromatic heterocycles. The fraction of sp³-hybridized carbons (Fsp3) is 0.778. The van der Waals surface area contributed by atoms with Crippen molar-refractivity contribution in [3.63, 3.8) is 0 Å². The SMILES string of the molecule is CNCC#CCC(C)(C)C. The van der Waals surface area contributed by atoms with Gasteiger partial charge in [-0.15, -0.1) is 5.92 Å². The molecule has 0 unspecified atom stereocenters. The fourth-order valence-electron chi connectivity index (χ4n) is 0.479. The van der Waals surface area contributed by atoms with Crippen molar-refractivity contribution in [3.8, 4) is 11.8 Å². The van der Waals surface area contributed by atoms with E-state index >= 15 is 0 Å². The maximum absolute atomic E-state index is 3.11. The number of hydrogen-bond acceptors (Lipinski definition) is 1. The molecule has 0 aromatic carbocycles. The van der Waals surface area contributed by atoms with Crippen LogP contribution in [-0.4, -0.2) is 13.6 Å². The lowest BCUT2D eigenvalue weighted by atomic mass is 9.93. The lowest BCUT2D eigenvalue weighted by Crippen LogP contribution is -2.06. The van der Waals surface area contributed by atoms with E-state index in [0.717, 1.165) is 13.0 Å². The van der Waals surface area contributed by atoms with Crippen LogP contribution in [0, 0.1) is 17.3 Å². The van der Waals surface area contributed by atoms with Gasteiger partial charge in [0.2, 0.25) is 0 Å². The van der Waals surface area contributed by atoms with Crippen LogP contribution in [0.5, 0.6) is 0 Å². The van der Waals surface area contributed by atoms with Crippen LogP contribution in [0.15, 0.2) is 0 Å². The third-order valence-corrected chi connectivity index (χ3v) is 1.01. The Labute approximate surface area is 64.2 Å². The van der Waals surface area contributed by atoms with Gasteiger partial charge in [0.25, 0.3) is 0 Å². The number of hydrogen-bond donors (Lipinski definition) is 1. The fourth-order valence-corrected chi connectivity index (χ4v) is 0.479. The summed E-state index contributed by atoms with van der Waals surface area (Å²) in [4.78, 5) is 0. The van der Waals surface area contributed by atoms with E-state index in [1.165, 1.54) is 0 Å². The lowest BCUT2D eigenvalue weighted by Gasteiger charge is -2.12. The third-order valence-electron chi connectivity index (χ3n) is 1.01. The van der Waals surface area contributed by atoms with Crippen LogP contribution in [0.1, 0.15) is 27.2 Å². The molecule has 0 spiro atoms. The molecule has 0 radical (unpaired) electrons. The molecular weight excluding hydrogens is 122 g/mol. The van der Waals surface area contributed by atoms with Gasteiger partial charge in [-0.3, -0.25) is 0 Å². The molecule has 0 saturated heterocycles. The van der Waals surface area contributed by atoms with Gasteiger partial charge in [-0.1, -0.05) is 26.7 Å². The van der Waals surface area contributed by atoms with Gasteiger partial charge < -0.3 is 5.32 Å². The molecular formula is C9H17N. The Balaban J connectivity index is 3.46. The van der Waals surface area contributed by atoms with Gasteiger partial charge in [0.15, 0.2) is 0 Å². The standard InChI is InChI=1S/C9H17N/c1-9(2,3)7-5-6-8-10-4/h10H,7-8H2,1-4H3. The summed E-state index contributed by atoms with van der Waals surface area (Å²) in [6.07, 6.45) is 0.981. The van der Waals surface area contributed by atoms with Crippen LogP contribution in [-0.2, 0) is 0 Å². The smallest absolute Gasteiger partial charge is 0.0574 e. The molecule has 0 aromatic rings. The average Bonchev–Trinajstić information content (AvgIpc) is 1.78. The highest BCUT2D eigenvalue weighted by Crippen LogP contribution is 2.16. The summed E-state index contributed by atoms with van der Waals surface area (Å²) in [6.45, 7) is 7.39. The van der Waals surface area contributed by atoms with E-state index in [1.807, 2.05) is 7.05 Å². The first-order valence-corrected chi connectivity index (χ1v) is 3.66. The van der Waals surface area contributed by atoms with Gasteiger partial charge in [-0.25, -0.2) is 0 Å². The minimum Gasteiger partial charge on any atom is -0.309 e. The molecule has 1 heteroatoms. The highest BCUT2D eigenvalue weighted by atomic mass is 14.8.